The maximum atomic E-state index is 11.2. The van der Waals surface area contributed by atoms with E-state index in [4.69, 9.17) is 15.4 Å². The highest BCUT2D eigenvalue weighted by Gasteiger charge is 2.12. The normalized spacial score (nSPS) is 11.3. The Morgan fingerprint density at radius 3 is 2.26 bits per heavy atom. The lowest BCUT2D eigenvalue weighted by atomic mass is 10.2. The predicted molar refractivity (Wildman–Crippen MR) is 78.4 cm³/mol. The maximum Gasteiger partial charge on any atom is 0.261 e. The van der Waals surface area contributed by atoms with Crippen molar-refractivity contribution in [3.63, 3.8) is 0 Å². The van der Waals surface area contributed by atoms with Gasteiger partial charge < -0.3 is 4.74 Å². The number of ether oxygens (including phenoxy) is 1. The molecule has 2 aromatic carbocycles. The zero-order valence-electron chi connectivity index (χ0n) is 9.93. The Morgan fingerprint density at radius 1 is 1.11 bits per heavy atom. The SMILES string of the molecule is Cc1ccc(Oc2ccc(S(=O)(=O)Cl)cc2Br)cc1. The molecule has 19 heavy (non-hydrogen) atoms. The van der Waals surface area contributed by atoms with Crippen molar-refractivity contribution in [3.8, 4) is 11.5 Å². The van der Waals surface area contributed by atoms with Crippen molar-refractivity contribution in [2.45, 2.75) is 11.8 Å². The van der Waals surface area contributed by atoms with E-state index in [2.05, 4.69) is 15.9 Å². The third kappa shape index (κ3) is 3.72. The summed E-state index contributed by atoms with van der Waals surface area (Å²) >= 11 is 3.26. The van der Waals surface area contributed by atoms with E-state index >= 15 is 0 Å². The van der Waals surface area contributed by atoms with E-state index < -0.39 is 9.05 Å². The summed E-state index contributed by atoms with van der Waals surface area (Å²) in [4.78, 5) is 0.0253. The van der Waals surface area contributed by atoms with Crippen molar-refractivity contribution < 1.29 is 13.2 Å². The average Bonchev–Trinajstić information content (AvgIpc) is 2.33. The molecule has 2 aromatic rings. The van der Waals surface area contributed by atoms with Gasteiger partial charge in [-0.1, -0.05) is 17.7 Å². The number of hydrogen-bond acceptors (Lipinski definition) is 3. The van der Waals surface area contributed by atoms with E-state index in [9.17, 15) is 8.42 Å². The highest BCUT2D eigenvalue weighted by molar-refractivity contribution is 9.10. The van der Waals surface area contributed by atoms with Crippen molar-refractivity contribution in [1.29, 1.82) is 0 Å². The molecule has 0 aliphatic heterocycles. The highest BCUT2D eigenvalue weighted by Crippen LogP contribution is 2.32. The Labute approximate surface area is 124 Å². The molecule has 0 spiro atoms. The van der Waals surface area contributed by atoms with E-state index in [1.165, 1.54) is 12.1 Å². The summed E-state index contributed by atoms with van der Waals surface area (Å²) < 4.78 is 28.6. The van der Waals surface area contributed by atoms with Gasteiger partial charge >= 0.3 is 0 Å². The van der Waals surface area contributed by atoms with Gasteiger partial charge in [0.2, 0.25) is 0 Å². The van der Waals surface area contributed by atoms with Crippen LogP contribution in [-0.4, -0.2) is 8.42 Å². The summed E-state index contributed by atoms with van der Waals surface area (Å²) in [5.41, 5.74) is 1.13. The Bertz CT molecular complexity index is 696. The van der Waals surface area contributed by atoms with Crippen molar-refractivity contribution in [2.75, 3.05) is 0 Å². The van der Waals surface area contributed by atoms with Gasteiger partial charge in [-0.3, -0.25) is 0 Å². The zero-order valence-corrected chi connectivity index (χ0v) is 13.1. The summed E-state index contributed by atoms with van der Waals surface area (Å²) in [6.45, 7) is 1.99. The molecule has 0 aromatic heterocycles. The third-order valence-electron chi connectivity index (χ3n) is 2.43. The van der Waals surface area contributed by atoms with Crippen LogP contribution in [0.4, 0.5) is 0 Å². The molecule has 0 bridgehead atoms. The second kappa shape index (κ2) is 5.53. The molecule has 0 saturated carbocycles. The molecule has 0 fully saturated rings. The van der Waals surface area contributed by atoms with E-state index in [0.717, 1.165) is 5.56 Å². The minimum Gasteiger partial charge on any atom is -0.456 e. The largest absolute Gasteiger partial charge is 0.456 e. The molecular formula is C13H10BrClO3S. The van der Waals surface area contributed by atoms with Gasteiger partial charge in [0, 0.05) is 10.7 Å². The molecule has 0 aliphatic carbocycles. The van der Waals surface area contributed by atoms with Crippen LogP contribution in [0.15, 0.2) is 51.8 Å². The lowest BCUT2D eigenvalue weighted by molar-refractivity contribution is 0.479. The van der Waals surface area contributed by atoms with Crippen molar-refractivity contribution in [3.05, 3.63) is 52.5 Å². The van der Waals surface area contributed by atoms with Crippen LogP contribution < -0.4 is 4.74 Å². The van der Waals surface area contributed by atoms with Gasteiger partial charge in [0.25, 0.3) is 9.05 Å². The van der Waals surface area contributed by atoms with E-state index in [1.54, 1.807) is 6.07 Å². The van der Waals surface area contributed by atoms with Crippen molar-refractivity contribution >= 4 is 35.7 Å². The molecule has 0 amide bonds. The Hall–Kier alpha value is -1.04. The van der Waals surface area contributed by atoms with Gasteiger partial charge in [-0.15, -0.1) is 0 Å². The second-order valence-electron chi connectivity index (χ2n) is 3.95. The maximum absolute atomic E-state index is 11.2. The zero-order chi connectivity index (χ0) is 14.0. The van der Waals surface area contributed by atoms with Crippen LogP contribution in [0.1, 0.15) is 5.56 Å². The Morgan fingerprint density at radius 2 is 1.74 bits per heavy atom. The standard InChI is InChI=1S/C13H10BrClO3S/c1-9-2-4-10(5-3-9)18-13-7-6-11(8-12(13)14)19(15,16)17/h2-8H,1H3. The fraction of sp³-hybridized carbons (Fsp3) is 0.0769. The summed E-state index contributed by atoms with van der Waals surface area (Å²) in [5.74, 6) is 1.20. The van der Waals surface area contributed by atoms with Crippen LogP contribution >= 0.6 is 26.6 Å². The summed E-state index contributed by atoms with van der Waals surface area (Å²) in [7, 11) is 1.54. The smallest absolute Gasteiger partial charge is 0.261 e. The van der Waals surface area contributed by atoms with Crippen LogP contribution in [0, 0.1) is 6.92 Å². The van der Waals surface area contributed by atoms with E-state index in [0.29, 0.717) is 16.0 Å². The predicted octanol–water partition coefficient (Wildman–Crippen LogP) is 4.48. The third-order valence-corrected chi connectivity index (χ3v) is 4.40. The van der Waals surface area contributed by atoms with Gasteiger partial charge in [0.05, 0.1) is 9.37 Å². The fourth-order valence-corrected chi connectivity index (χ4v) is 2.84. The van der Waals surface area contributed by atoms with Gasteiger partial charge in [-0.25, -0.2) is 8.42 Å². The molecule has 3 nitrogen and oxygen atoms in total. The molecule has 0 aliphatic rings. The minimum atomic E-state index is -3.73. The second-order valence-corrected chi connectivity index (χ2v) is 7.37. The van der Waals surface area contributed by atoms with Gasteiger partial charge in [-0.05, 0) is 53.2 Å². The first kappa shape index (κ1) is 14.4. The number of rotatable bonds is 3. The van der Waals surface area contributed by atoms with Crippen molar-refractivity contribution in [2.24, 2.45) is 0 Å². The summed E-state index contributed by atoms with van der Waals surface area (Å²) in [5, 5.41) is 0. The van der Waals surface area contributed by atoms with Gasteiger partial charge in [0.1, 0.15) is 11.5 Å². The lowest BCUT2D eigenvalue weighted by Gasteiger charge is -2.08. The minimum absolute atomic E-state index is 0.0253. The van der Waals surface area contributed by atoms with Gasteiger partial charge in [0.15, 0.2) is 0 Å². The fourth-order valence-electron chi connectivity index (χ4n) is 1.45. The number of benzene rings is 2. The van der Waals surface area contributed by atoms with Crippen LogP contribution in [0.25, 0.3) is 0 Å². The molecule has 100 valence electrons. The number of halogens is 2. The van der Waals surface area contributed by atoms with Crippen LogP contribution in [-0.2, 0) is 9.05 Å². The lowest BCUT2D eigenvalue weighted by Crippen LogP contribution is -1.92. The molecule has 6 heteroatoms. The monoisotopic (exact) mass is 360 g/mol. The van der Waals surface area contributed by atoms with Crippen molar-refractivity contribution in [1.82, 2.24) is 0 Å². The molecule has 0 saturated heterocycles. The molecular weight excluding hydrogens is 352 g/mol. The first-order valence-corrected chi connectivity index (χ1v) is 8.45. The molecule has 2 rings (SSSR count). The highest BCUT2D eigenvalue weighted by atomic mass is 79.9. The molecule has 0 unspecified atom stereocenters. The van der Waals surface area contributed by atoms with E-state index in [-0.39, 0.29) is 4.90 Å². The molecule has 0 heterocycles. The van der Waals surface area contributed by atoms with Gasteiger partial charge in [-0.2, -0.15) is 0 Å². The van der Waals surface area contributed by atoms with Crippen LogP contribution in [0.3, 0.4) is 0 Å². The topological polar surface area (TPSA) is 43.4 Å². The first-order valence-electron chi connectivity index (χ1n) is 5.35. The average molecular weight is 362 g/mol. The first-order chi connectivity index (χ1) is 8.86. The molecule has 0 radical (unpaired) electrons. The molecule has 0 atom stereocenters. The number of aryl methyl sites for hydroxylation is 1. The summed E-state index contributed by atoms with van der Waals surface area (Å²) in [6, 6.07) is 11.9. The summed E-state index contributed by atoms with van der Waals surface area (Å²) in [6.07, 6.45) is 0. The molecule has 0 N–H and O–H groups in total. The number of hydrogen-bond donors (Lipinski definition) is 0. The van der Waals surface area contributed by atoms with Crippen LogP contribution in [0.2, 0.25) is 0 Å². The van der Waals surface area contributed by atoms with E-state index in [1.807, 2.05) is 31.2 Å². The quantitative estimate of drug-likeness (QED) is 0.757. The van der Waals surface area contributed by atoms with Crippen LogP contribution in [0.5, 0.6) is 11.5 Å². The Balaban J connectivity index is 2.29. The Kier molecular flexibility index (Phi) is 4.18.